The number of pyridine rings is 1. The predicted octanol–water partition coefficient (Wildman–Crippen LogP) is 6.32. The van der Waals surface area contributed by atoms with E-state index >= 15 is 0 Å². The molecule has 4 aromatic rings. The summed E-state index contributed by atoms with van der Waals surface area (Å²) in [7, 11) is 0. The van der Waals surface area contributed by atoms with Crippen LogP contribution in [0.3, 0.4) is 0 Å². The zero-order chi connectivity index (χ0) is 26.8. The van der Waals surface area contributed by atoms with E-state index in [0.717, 1.165) is 16.6 Å². The van der Waals surface area contributed by atoms with Crippen molar-refractivity contribution in [1.29, 1.82) is 5.26 Å². The molecule has 10 heteroatoms. The molecule has 0 saturated heterocycles. The standard InChI is InChI=1S/C28H21Cl2F2N5O/c29-22-11-17(12-23(30)27(22)32)2-1-8-36-9-6-25-21(16-36)20-10-18(14-33)3-4-24(20)37(25)28(38)35-15-19-5-7-34-26(31)13-19/h1-5,7,10-13H,6,8-9,15-16H2,(H,35,38)/b2-1+. The first-order chi connectivity index (χ1) is 18.3. The number of nitriles is 1. The van der Waals surface area contributed by atoms with Crippen LogP contribution in [-0.4, -0.2) is 33.6 Å². The normalized spacial score (nSPS) is 13.6. The Labute approximate surface area is 227 Å². The Hall–Kier alpha value is -3.77. The highest BCUT2D eigenvalue weighted by Crippen LogP contribution is 2.32. The molecule has 0 atom stereocenters. The van der Waals surface area contributed by atoms with E-state index in [-0.39, 0.29) is 22.6 Å². The van der Waals surface area contributed by atoms with Gasteiger partial charge in [0.15, 0.2) is 5.82 Å². The fraction of sp³-hybridized carbons (Fsp3) is 0.179. The van der Waals surface area contributed by atoms with Crippen molar-refractivity contribution < 1.29 is 13.6 Å². The van der Waals surface area contributed by atoms with E-state index < -0.39 is 11.8 Å². The Balaban J connectivity index is 1.39. The molecular weight excluding hydrogens is 531 g/mol. The number of nitrogens with zero attached hydrogens (tertiary/aromatic N) is 4. The molecule has 0 spiro atoms. The first-order valence-corrected chi connectivity index (χ1v) is 12.6. The average Bonchev–Trinajstić information content (AvgIpc) is 3.23. The largest absolute Gasteiger partial charge is 0.333 e. The Morgan fingerprint density at radius 2 is 1.95 bits per heavy atom. The van der Waals surface area contributed by atoms with Crippen molar-refractivity contribution >= 4 is 46.2 Å². The summed E-state index contributed by atoms with van der Waals surface area (Å²) in [6.07, 6.45) is 5.76. The molecule has 0 radical (unpaired) electrons. The van der Waals surface area contributed by atoms with Gasteiger partial charge < -0.3 is 5.32 Å². The predicted molar refractivity (Wildman–Crippen MR) is 143 cm³/mol. The van der Waals surface area contributed by atoms with E-state index in [1.807, 2.05) is 12.2 Å². The molecule has 6 nitrogen and oxygen atoms in total. The summed E-state index contributed by atoms with van der Waals surface area (Å²) in [4.78, 5) is 19.1. The number of benzene rings is 2. The topological polar surface area (TPSA) is 74.0 Å². The fourth-order valence-electron chi connectivity index (χ4n) is 4.69. The molecule has 0 saturated carbocycles. The van der Waals surface area contributed by atoms with Crippen molar-refractivity contribution in [2.45, 2.75) is 19.5 Å². The maximum absolute atomic E-state index is 13.7. The van der Waals surface area contributed by atoms with E-state index in [1.54, 1.807) is 28.8 Å². The van der Waals surface area contributed by atoms with Crippen molar-refractivity contribution in [1.82, 2.24) is 19.8 Å². The Morgan fingerprint density at radius 3 is 2.68 bits per heavy atom. The molecule has 3 heterocycles. The van der Waals surface area contributed by atoms with Crippen LogP contribution in [0.4, 0.5) is 13.6 Å². The number of aromatic nitrogens is 2. The van der Waals surface area contributed by atoms with Crippen molar-refractivity contribution in [3.63, 3.8) is 0 Å². The molecule has 1 aliphatic rings. The van der Waals surface area contributed by atoms with E-state index in [2.05, 4.69) is 21.3 Å². The molecule has 5 rings (SSSR count). The van der Waals surface area contributed by atoms with Crippen molar-refractivity contribution in [3.05, 3.63) is 104 Å². The van der Waals surface area contributed by atoms with E-state index in [0.29, 0.717) is 48.3 Å². The summed E-state index contributed by atoms with van der Waals surface area (Å²) in [5, 5.41) is 13.1. The van der Waals surface area contributed by atoms with Crippen LogP contribution in [0.1, 0.15) is 27.9 Å². The van der Waals surface area contributed by atoms with Crippen LogP contribution in [0.5, 0.6) is 0 Å². The molecule has 0 fully saturated rings. The van der Waals surface area contributed by atoms with Gasteiger partial charge in [-0.1, -0.05) is 35.4 Å². The number of hydrogen-bond donors (Lipinski definition) is 1. The SMILES string of the molecule is N#Cc1ccc2c(c1)c1c(n2C(=O)NCc2ccnc(F)c2)CCN(C/C=C/c2cc(Cl)c(F)c(Cl)c2)C1. The van der Waals surface area contributed by atoms with Crippen LogP contribution in [-0.2, 0) is 19.5 Å². The van der Waals surface area contributed by atoms with Gasteiger partial charge in [-0.15, -0.1) is 0 Å². The van der Waals surface area contributed by atoms with Gasteiger partial charge in [-0.25, -0.2) is 14.2 Å². The monoisotopic (exact) mass is 551 g/mol. The lowest BCUT2D eigenvalue weighted by Crippen LogP contribution is -2.34. The Kier molecular flexibility index (Phi) is 7.43. The Bertz CT molecular complexity index is 1600. The average molecular weight is 552 g/mol. The van der Waals surface area contributed by atoms with Crippen LogP contribution in [0.25, 0.3) is 17.0 Å². The lowest BCUT2D eigenvalue weighted by atomic mass is 10.0. The second-order valence-electron chi connectivity index (χ2n) is 8.94. The maximum Gasteiger partial charge on any atom is 0.326 e. The summed E-state index contributed by atoms with van der Waals surface area (Å²) in [5.41, 5.74) is 4.37. The summed E-state index contributed by atoms with van der Waals surface area (Å²) >= 11 is 11.8. The Morgan fingerprint density at radius 1 is 1.16 bits per heavy atom. The van der Waals surface area contributed by atoms with Gasteiger partial charge in [-0.3, -0.25) is 9.47 Å². The summed E-state index contributed by atoms with van der Waals surface area (Å²) in [6.45, 7) is 2.03. The molecule has 0 unspecified atom stereocenters. The summed E-state index contributed by atoms with van der Waals surface area (Å²) in [5.74, 6) is -1.25. The molecular formula is C28H21Cl2F2N5O. The van der Waals surface area contributed by atoms with E-state index in [9.17, 15) is 18.8 Å². The highest BCUT2D eigenvalue weighted by molar-refractivity contribution is 6.35. The highest BCUT2D eigenvalue weighted by Gasteiger charge is 2.26. The number of fused-ring (bicyclic) bond motifs is 3. The van der Waals surface area contributed by atoms with Gasteiger partial charge in [0, 0.05) is 49.9 Å². The molecule has 0 bridgehead atoms. The van der Waals surface area contributed by atoms with Gasteiger partial charge in [0.2, 0.25) is 5.95 Å². The van der Waals surface area contributed by atoms with Gasteiger partial charge in [0.05, 0.1) is 27.2 Å². The third-order valence-electron chi connectivity index (χ3n) is 6.47. The van der Waals surface area contributed by atoms with E-state index in [1.165, 1.54) is 24.4 Å². The lowest BCUT2D eigenvalue weighted by Gasteiger charge is -2.27. The molecule has 38 heavy (non-hydrogen) atoms. The molecule has 0 aliphatic carbocycles. The van der Waals surface area contributed by atoms with Crippen molar-refractivity contribution in [2.75, 3.05) is 13.1 Å². The molecule has 1 aliphatic heterocycles. The lowest BCUT2D eigenvalue weighted by molar-refractivity contribution is 0.240. The first-order valence-electron chi connectivity index (χ1n) is 11.8. The number of hydrogen-bond acceptors (Lipinski definition) is 4. The zero-order valence-electron chi connectivity index (χ0n) is 20.0. The third-order valence-corrected chi connectivity index (χ3v) is 7.02. The molecule has 2 aromatic heterocycles. The smallest absolute Gasteiger partial charge is 0.326 e. The van der Waals surface area contributed by atoms with Crippen LogP contribution in [0.2, 0.25) is 10.0 Å². The fourth-order valence-corrected chi connectivity index (χ4v) is 5.19. The quantitative estimate of drug-likeness (QED) is 0.232. The highest BCUT2D eigenvalue weighted by atomic mass is 35.5. The van der Waals surface area contributed by atoms with Gasteiger partial charge >= 0.3 is 6.03 Å². The second-order valence-corrected chi connectivity index (χ2v) is 9.75. The number of rotatable bonds is 5. The molecule has 192 valence electrons. The minimum absolute atomic E-state index is 0.0341. The molecule has 2 aromatic carbocycles. The number of amides is 1. The van der Waals surface area contributed by atoms with Crippen LogP contribution in [0.15, 0.2) is 54.7 Å². The second kappa shape index (κ2) is 10.9. The molecule has 1 N–H and O–H groups in total. The number of halogens is 4. The van der Waals surface area contributed by atoms with Crippen LogP contribution < -0.4 is 5.32 Å². The van der Waals surface area contributed by atoms with Gasteiger partial charge in [-0.05, 0) is 59.2 Å². The number of carbonyl (C=O) groups excluding carboxylic acids is 1. The number of carbonyl (C=O) groups is 1. The van der Waals surface area contributed by atoms with Crippen LogP contribution in [0, 0.1) is 23.1 Å². The zero-order valence-corrected chi connectivity index (χ0v) is 21.5. The third kappa shape index (κ3) is 5.27. The first kappa shape index (κ1) is 25.9. The van der Waals surface area contributed by atoms with Crippen molar-refractivity contribution in [2.24, 2.45) is 0 Å². The van der Waals surface area contributed by atoms with Crippen LogP contribution >= 0.6 is 23.2 Å². The number of nitrogens with one attached hydrogen (secondary N) is 1. The summed E-state index contributed by atoms with van der Waals surface area (Å²) in [6, 6.07) is 13.1. The van der Waals surface area contributed by atoms with Gasteiger partial charge in [-0.2, -0.15) is 9.65 Å². The van der Waals surface area contributed by atoms with Gasteiger partial charge in [0.1, 0.15) is 0 Å². The minimum atomic E-state index is -0.640. The minimum Gasteiger partial charge on any atom is -0.333 e. The molecule has 1 amide bonds. The van der Waals surface area contributed by atoms with Gasteiger partial charge in [0.25, 0.3) is 0 Å². The van der Waals surface area contributed by atoms with E-state index in [4.69, 9.17) is 23.2 Å². The van der Waals surface area contributed by atoms with Crippen molar-refractivity contribution in [3.8, 4) is 6.07 Å². The maximum atomic E-state index is 13.7. The summed E-state index contributed by atoms with van der Waals surface area (Å²) < 4.78 is 28.8.